The predicted octanol–water partition coefficient (Wildman–Crippen LogP) is 2.47. The van der Waals surface area contributed by atoms with Crippen LogP contribution in [0.3, 0.4) is 0 Å². The Kier molecular flexibility index (Phi) is 5.07. The molecule has 5 rings (SSSR count). The minimum Gasteiger partial charge on any atom is -0.331 e. The van der Waals surface area contributed by atoms with Gasteiger partial charge in [-0.3, -0.25) is 4.79 Å². The third kappa shape index (κ3) is 3.54. The van der Waals surface area contributed by atoms with Crippen molar-refractivity contribution in [1.82, 2.24) is 4.90 Å². The molecular weight excluding hydrogens is 342 g/mol. The zero-order valence-corrected chi connectivity index (χ0v) is 16.6. The molecule has 4 nitrogen and oxygen atoms in total. The van der Waals surface area contributed by atoms with E-state index in [0.717, 1.165) is 24.3 Å². The van der Waals surface area contributed by atoms with E-state index in [-0.39, 0.29) is 11.4 Å². The zero-order chi connectivity index (χ0) is 18.1. The molecule has 4 aliphatic rings. The fraction of sp³-hybridized carbons (Fsp3) is 0.714. The molecule has 0 aromatic carbocycles. The number of amides is 1. The fourth-order valence-electron chi connectivity index (χ4n) is 6.34. The normalized spacial score (nSPS) is 33.0. The molecule has 1 N–H and O–H groups in total. The van der Waals surface area contributed by atoms with Crippen molar-refractivity contribution in [2.24, 2.45) is 17.8 Å². The lowest BCUT2D eigenvalue weighted by molar-refractivity contribution is -0.885. The summed E-state index contributed by atoms with van der Waals surface area (Å²) in [7, 11) is 2.11. The highest BCUT2D eigenvalue weighted by Crippen LogP contribution is 2.57. The van der Waals surface area contributed by atoms with Crippen molar-refractivity contribution in [3.05, 3.63) is 22.4 Å². The van der Waals surface area contributed by atoms with Gasteiger partial charge < -0.3 is 9.80 Å². The summed E-state index contributed by atoms with van der Waals surface area (Å²) in [6.07, 6.45) is 8.13. The number of quaternary nitrogens is 1. The lowest BCUT2D eigenvalue weighted by Crippen LogP contribution is -3.09. The molecule has 4 saturated carbocycles. The third-order valence-corrected chi connectivity index (χ3v) is 7.60. The Hall–Kier alpha value is -1.38. The summed E-state index contributed by atoms with van der Waals surface area (Å²) in [4.78, 5) is 16.7. The molecule has 0 radical (unpaired) electrons. The van der Waals surface area contributed by atoms with Crippen molar-refractivity contribution in [2.75, 3.05) is 20.1 Å². The van der Waals surface area contributed by atoms with Gasteiger partial charge in [0, 0.05) is 17.6 Å². The largest absolute Gasteiger partial charge is 0.331 e. The van der Waals surface area contributed by atoms with E-state index in [2.05, 4.69) is 34.8 Å². The van der Waals surface area contributed by atoms with Crippen LogP contribution >= 0.6 is 11.3 Å². The van der Waals surface area contributed by atoms with E-state index in [9.17, 15) is 4.79 Å². The summed E-state index contributed by atoms with van der Waals surface area (Å²) in [5.74, 6) is 2.70. The van der Waals surface area contributed by atoms with Gasteiger partial charge in [-0.25, -0.2) is 0 Å². The van der Waals surface area contributed by atoms with E-state index in [1.54, 1.807) is 11.3 Å². The van der Waals surface area contributed by atoms with Crippen LogP contribution in [0.4, 0.5) is 0 Å². The summed E-state index contributed by atoms with van der Waals surface area (Å²) >= 11 is 1.71. The Morgan fingerprint density at radius 2 is 1.96 bits per heavy atom. The first kappa shape index (κ1) is 18.0. The summed E-state index contributed by atoms with van der Waals surface area (Å²) in [5, 5.41) is 13.4. The van der Waals surface area contributed by atoms with Crippen LogP contribution in [-0.2, 0) is 11.3 Å². The maximum Gasteiger partial charge on any atom is 0.278 e. The summed E-state index contributed by atoms with van der Waals surface area (Å²) in [5.41, 5.74) is 1.37. The van der Waals surface area contributed by atoms with Crippen LogP contribution in [0.25, 0.3) is 0 Å². The second-order valence-corrected chi connectivity index (χ2v) is 9.82. The summed E-state index contributed by atoms with van der Waals surface area (Å²) < 4.78 is 0. The molecule has 1 atom stereocenters. The number of rotatable bonds is 7. The Bertz CT molecular complexity index is 643. The first-order valence-electron chi connectivity index (χ1n) is 10.1. The average molecular weight is 373 g/mol. The number of likely N-dealkylation sites (N-methyl/N-ethyl adjacent to an activating group) is 1. The van der Waals surface area contributed by atoms with Gasteiger partial charge in [0.25, 0.3) is 5.91 Å². The minimum absolute atomic E-state index is 0.0609. The highest BCUT2D eigenvalue weighted by molar-refractivity contribution is 7.07. The highest BCUT2D eigenvalue weighted by Gasteiger charge is 2.54. The number of hydrogen-bond acceptors (Lipinski definition) is 3. The standard InChI is InChI=1S/C21H29N3OS/c1-23(13-16-3-6-26-15-16)14-20(25)24(5-2-4-22)21-10-17-7-18(11-21)9-19(8-17)12-21/h3,6,15,17-19H,2,5,7-14H2,1H3/p+1. The average Bonchev–Trinajstić information content (AvgIpc) is 3.06. The molecule has 0 spiro atoms. The van der Waals surface area contributed by atoms with Gasteiger partial charge in [0.15, 0.2) is 6.54 Å². The first-order valence-corrected chi connectivity index (χ1v) is 11.0. The smallest absolute Gasteiger partial charge is 0.278 e. The van der Waals surface area contributed by atoms with Gasteiger partial charge in [0.2, 0.25) is 0 Å². The first-order chi connectivity index (χ1) is 12.6. The van der Waals surface area contributed by atoms with Crippen LogP contribution in [-0.4, -0.2) is 36.5 Å². The molecule has 0 saturated heterocycles. The van der Waals surface area contributed by atoms with Gasteiger partial charge in [-0.2, -0.15) is 16.6 Å². The van der Waals surface area contributed by atoms with E-state index >= 15 is 0 Å². The molecule has 1 heterocycles. The molecule has 1 aromatic rings. The molecule has 140 valence electrons. The number of nitriles is 1. The Balaban J connectivity index is 1.47. The van der Waals surface area contributed by atoms with Crippen LogP contribution in [0.15, 0.2) is 16.8 Å². The van der Waals surface area contributed by atoms with Crippen LogP contribution in [0.2, 0.25) is 0 Å². The van der Waals surface area contributed by atoms with Crippen LogP contribution in [0.1, 0.15) is 50.5 Å². The van der Waals surface area contributed by atoms with Gasteiger partial charge in [-0.1, -0.05) is 0 Å². The van der Waals surface area contributed by atoms with Crippen LogP contribution in [0, 0.1) is 29.1 Å². The molecule has 4 bridgehead atoms. The maximum atomic E-state index is 13.3. The van der Waals surface area contributed by atoms with Crippen LogP contribution < -0.4 is 4.90 Å². The van der Waals surface area contributed by atoms with Crippen molar-refractivity contribution >= 4 is 17.2 Å². The quantitative estimate of drug-likeness (QED) is 0.799. The van der Waals surface area contributed by atoms with Gasteiger partial charge in [-0.05, 0) is 73.1 Å². The number of thiophene rings is 1. The van der Waals surface area contributed by atoms with E-state index in [4.69, 9.17) is 5.26 Å². The van der Waals surface area contributed by atoms with Gasteiger partial charge in [0.05, 0.1) is 19.5 Å². The summed E-state index contributed by atoms with van der Waals surface area (Å²) in [6, 6.07) is 4.42. The third-order valence-electron chi connectivity index (χ3n) is 6.87. The van der Waals surface area contributed by atoms with Crippen molar-refractivity contribution in [2.45, 2.75) is 57.0 Å². The van der Waals surface area contributed by atoms with Crippen molar-refractivity contribution in [3.8, 4) is 6.07 Å². The maximum absolute atomic E-state index is 13.3. The summed E-state index contributed by atoms with van der Waals surface area (Å²) in [6.45, 7) is 2.04. The van der Waals surface area contributed by atoms with E-state index in [0.29, 0.717) is 19.5 Å². The highest BCUT2D eigenvalue weighted by atomic mass is 32.1. The van der Waals surface area contributed by atoms with Crippen LogP contribution in [0.5, 0.6) is 0 Å². The number of hydrogen-bond donors (Lipinski definition) is 1. The predicted molar refractivity (Wildman–Crippen MR) is 103 cm³/mol. The fourth-order valence-corrected chi connectivity index (χ4v) is 7.01. The Morgan fingerprint density at radius 3 is 2.50 bits per heavy atom. The minimum atomic E-state index is 0.0609. The van der Waals surface area contributed by atoms with Crippen molar-refractivity contribution in [3.63, 3.8) is 0 Å². The molecule has 26 heavy (non-hydrogen) atoms. The molecule has 0 aliphatic heterocycles. The second-order valence-electron chi connectivity index (χ2n) is 9.04. The monoisotopic (exact) mass is 372 g/mol. The number of nitrogens with one attached hydrogen (secondary N) is 1. The number of nitrogens with zero attached hydrogens (tertiary/aromatic N) is 2. The SMILES string of the molecule is C[NH+](CC(=O)N(CCC#N)C12CC3CC(CC(C3)C1)C2)Cc1ccsc1. The second kappa shape index (κ2) is 7.32. The van der Waals surface area contributed by atoms with Gasteiger partial charge in [0.1, 0.15) is 6.54 Å². The molecule has 5 heteroatoms. The van der Waals surface area contributed by atoms with Gasteiger partial charge >= 0.3 is 0 Å². The zero-order valence-electron chi connectivity index (χ0n) is 15.7. The molecule has 4 fully saturated rings. The Labute approximate surface area is 160 Å². The lowest BCUT2D eigenvalue weighted by Gasteiger charge is -2.60. The molecule has 1 unspecified atom stereocenters. The van der Waals surface area contributed by atoms with Crippen molar-refractivity contribution in [1.29, 1.82) is 5.26 Å². The van der Waals surface area contributed by atoms with Crippen molar-refractivity contribution < 1.29 is 9.69 Å². The van der Waals surface area contributed by atoms with E-state index in [1.807, 2.05) is 0 Å². The molecule has 4 aliphatic carbocycles. The van der Waals surface area contributed by atoms with Gasteiger partial charge in [-0.15, -0.1) is 0 Å². The number of carbonyl (C=O) groups is 1. The topological polar surface area (TPSA) is 48.5 Å². The van der Waals surface area contributed by atoms with E-state index in [1.165, 1.54) is 49.0 Å². The number of carbonyl (C=O) groups excluding carboxylic acids is 1. The van der Waals surface area contributed by atoms with E-state index < -0.39 is 0 Å². The molecule has 1 amide bonds. The lowest BCUT2D eigenvalue weighted by atomic mass is 9.52. The Morgan fingerprint density at radius 1 is 1.31 bits per heavy atom. The molecular formula is C21H30N3OS+. The molecule has 1 aromatic heterocycles.